The number of hydrogen-bond acceptors (Lipinski definition) is 5. The van der Waals surface area contributed by atoms with Crippen molar-refractivity contribution in [2.24, 2.45) is 10.7 Å². The normalized spacial score (nSPS) is 19.2. The monoisotopic (exact) mass is 419 g/mol. The summed E-state index contributed by atoms with van der Waals surface area (Å²) in [5.74, 6) is 2.85. The van der Waals surface area contributed by atoms with Gasteiger partial charge in [-0.05, 0) is 54.4 Å². The summed E-state index contributed by atoms with van der Waals surface area (Å²) in [6.07, 6.45) is 0. The van der Waals surface area contributed by atoms with Crippen LogP contribution in [0.4, 0.5) is 0 Å². The Morgan fingerprint density at radius 2 is 1.90 bits per heavy atom. The number of hydrogen-bond donors (Lipinski definition) is 1. The predicted octanol–water partition coefficient (Wildman–Crippen LogP) is 4.93. The smallest absolute Gasteiger partial charge is 0.192 e. The number of ether oxygens (including phenoxy) is 2. The van der Waals surface area contributed by atoms with Crippen molar-refractivity contribution in [2.45, 2.75) is 12.5 Å². The van der Waals surface area contributed by atoms with Crippen LogP contribution in [0.3, 0.4) is 0 Å². The Kier molecular flexibility index (Phi) is 4.19. The van der Waals surface area contributed by atoms with Crippen LogP contribution in [0.1, 0.15) is 16.7 Å². The lowest BCUT2D eigenvalue weighted by Gasteiger charge is -2.36. The second-order valence-electron chi connectivity index (χ2n) is 7.78. The van der Waals surface area contributed by atoms with Gasteiger partial charge in [-0.25, -0.2) is 4.99 Å². The van der Waals surface area contributed by atoms with Gasteiger partial charge in [0.2, 0.25) is 0 Å². The molecule has 1 unspecified atom stereocenters. The van der Waals surface area contributed by atoms with Crippen LogP contribution in [0.25, 0.3) is 11.1 Å². The van der Waals surface area contributed by atoms with Gasteiger partial charge in [-0.15, -0.1) is 0 Å². The summed E-state index contributed by atoms with van der Waals surface area (Å²) in [5, 5.41) is 0.701. The van der Waals surface area contributed by atoms with Crippen molar-refractivity contribution in [2.75, 3.05) is 20.7 Å². The molecule has 3 aromatic rings. The summed E-state index contributed by atoms with van der Waals surface area (Å²) >= 11 is 6.23. The maximum Gasteiger partial charge on any atom is 0.192 e. The van der Waals surface area contributed by atoms with E-state index in [1.54, 1.807) is 7.11 Å². The first-order chi connectivity index (χ1) is 14.4. The maximum absolute atomic E-state index is 6.39. The first kappa shape index (κ1) is 18.8. The zero-order valence-corrected chi connectivity index (χ0v) is 17.8. The lowest BCUT2D eigenvalue weighted by atomic mass is 9.79. The molecule has 30 heavy (non-hydrogen) atoms. The number of halogens is 1. The molecule has 0 saturated carbocycles. The van der Waals surface area contributed by atoms with E-state index in [1.807, 2.05) is 67.4 Å². The summed E-state index contributed by atoms with van der Waals surface area (Å²) in [4.78, 5) is 6.94. The third-order valence-electron chi connectivity index (χ3n) is 5.98. The molecule has 0 saturated heterocycles. The molecule has 2 N–H and O–H groups in total. The van der Waals surface area contributed by atoms with E-state index in [4.69, 9.17) is 31.8 Å². The highest BCUT2D eigenvalue weighted by molar-refractivity contribution is 6.30. The number of aliphatic imine (C=N–C) groups is 1. The number of benzene rings is 3. The summed E-state index contributed by atoms with van der Waals surface area (Å²) in [5.41, 5.74) is 10.6. The lowest BCUT2D eigenvalue weighted by Crippen LogP contribution is -2.36. The number of nitrogens with zero attached hydrogens (tertiary/aromatic N) is 2. The zero-order valence-electron chi connectivity index (χ0n) is 17.1. The largest absolute Gasteiger partial charge is 0.496 e. The average Bonchev–Trinajstić information content (AvgIpc) is 3.04. The molecule has 0 radical (unpaired) electrons. The van der Waals surface area contributed by atoms with E-state index in [9.17, 15) is 0 Å². The van der Waals surface area contributed by atoms with Crippen LogP contribution in [0.5, 0.6) is 17.2 Å². The van der Waals surface area contributed by atoms with E-state index in [-0.39, 0.29) is 0 Å². The van der Waals surface area contributed by atoms with E-state index >= 15 is 0 Å². The van der Waals surface area contributed by atoms with Crippen LogP contribution in [-0.4, -0.2) is 31.6 Å². The molecule has 2 aliphatic rings. The highest BCUT2D eigenvalue weighted by Gasteiger charge is 2.48. The Morgan fingerprint density at radius 3 is 2.60 bits per heavy atom. The minimum atomic E-state index is -0.645. The quantitative estimate of drug-likeness (QED) is 0.639. The molecular formula is C24H22ClN3O2. The molecular weight excluding hydrogens is 398 g/mol. The molecule has 0 bridgehead atoms. The third kappa shape index (κ3) is 2.66. The number of methoxy groups -OCH3 is 1. The van der Waals surface area contributed by atoms with Crippen LogP contribution in [-0.2, 0) is 5.54 Å². The molecule has 6 heteroatoms. The standard InChI is InChI=1S/C24H22ClN3O2/c1-14-20(29-3)10-8-18-22(14)30-21-9-7-16(15-5-4-6-17(25)11-15)12-19(21)24(18)13-28(2)23(26)27-24/h4-12H,13H2,1-3H3,(H2,26,27). The minimum Gasteiger partial charge on any atom is -0.496 e. The van der Waals surface area contributed by atoms with E-state index in [1.165, 1.54) is 0 Å². The van der Waals surface area contributed by atoms with Crippen molar-refractivity contribution < 1.29 is 9.47 Å². The highest BCUT2D eigenvalue weighted by atomic mass is 35.5. The van der Waals surface area contributed by atoms with Crippen molar-refractivity contribution in [3.8, 4) is 28.4 Å². The van der Waals surface area contributed by atoms with Crippen molar-refractivity contribution in [1.82, 2.24) is 4.90 Å². The predicted molar refractivity (Wildman–Crippen MR) is 120 cm³/mol. The fourth-order valence-electron chi connectivity index (χ4n) is 4.43. The molecule has 5 rings (SSSR count). The topological polar surface area (TPSA) is 60.1 Å². The second-order valence-corrected chi connectivity index (χ2v) is 8.22. The molecule has 0 amide bonds. The molecule has 3 aromatic carbocycles. The molecule has 0 aromatic heterocycles. The van der Waals surface area contributed by atoms with Crippen LogP contribution in [0.15, 0.2) is 59.6 Å². The van der Waals surface area contributed by atoms with Crippen molar-refractivity contribution >= 4 is 17.6 Å². The number of likely N-dealkylation sites (N-methyl/N-ethyl adjacent to an activating group) is 1. The molecule has 0 fully saturated rings. The van der Waals surface area contributed by atoms with Gasteiger partial charge in [0.15, 0.2) is 5.96 Å². The van der Waals surface area contributed by atoms with Crippen LogP contribution in [0, 0.1) is 6.92 Å². The number of fused-ring (bicyclic) bond motifs is 4. The van der Waals surface area contributed by atoms with Gasteiger partial charge in [0.05, 0.1) is 13.7 Å². The van der Waals surface area contributed by atoms with Crippen molar-refractivity contribution in [3.05, 3.63) is 76.3 Å². The van der Waals surface area contributed by atoms with Gasteiger partial charge in [-0.1, -0.05) is 29.8 Å². The molecule has 0 aliphatic carbocycles. The molecule has 5 nitrogen and oxygen atoms in total. The van der Waals surface area contributed by atoms with Crippen LogP contribution in [0.2, 0.25) is 5.02 Å². The van der Waals surface area contributed by atoms with E-state index in [2.05, 4.69) is 6.07 Å². The highest BCUT2D eigenvalue weighted by Crippen LogP contribution is 2.54. The van der Waals surface area contributed by atoms with E-state index in [0.717, 1.165) is 45.1 Å². The summed E-state index contributed by atoms with van der Waals surface area (Å²) in [6, 6.07) is 18.0. The van der Waals surface area contributed by atoms with Gasteiger partial charge in [-0.3, -0.25) is 0 Å². The first-order valence-electron chi connectivity index (χ1n) is 9.76. The SMILES string of the molecule is COc1ccc2c(c1C)Oc1ccc(-c3cccc(Cl)c3)cc1C21CN(C)C(N)=N1. The fraction of sp³-hybridized carbons (Fsp3) is 0.208. The molecule has 2 heterocycles. The maximum atomic E-state index is 6.39. The Bertz CT molecular complexity index is 1210. The number of rotatable bonds is 2. The average molecular weight is 420 g/mol. The molecule has 1 atom stereocenters. The van der Waals surface area contributed by atoms with Gasteiger partial charge in [0, 0.05) is 28.8 Å². The summed E-state index contributed by atoms with van der Waals surface area (Å²) in [6.45, 7) is 2.63. The van der Waals surface area contributed by atoms with E-state index in [0.29, 0.717) is 17.5 Å². The lowest BCUT2D eigenvalue weighted by molar-refractivity contribution is 0.360. The zero-order chi connectivity index (χ0) is 21.0. The number of guanidine groups is 1. The Hall–Kier alpha value is -3.18. The first-order valence-corrected chi connectivity index (χ1v) is 10.1. The molecule has 1 spiro atoms. The Labute approximate surface area is 180 Å². The van der Waals surface area contributed by atoms with Gasteiger partial charge >= 0.3 is 0 Å². The minimum absolute atomic E-state index is 0.510. The van der Waals surface area contributed by atoms with Gasteiger partial charge in [-0.2, -0.15) is 0 Å². The van der Waals surface area contributed by atoms with Crippen LogP contribution < -0.4 is 15.2 Å². The summed E-state index contributed by atoms with van der Waals surface area (Å²) < 4.78 is 11.9. The van der Waals surface area contributed by atoms with Gasteiger partial charge in [0.25, 0.3) is 0 Å². The number of nitrogens with two attached hydrogens (primary N) is 1. The molecule has 2 aliphatic heterocycles. The summed E-state index contributed by atoms with van der Waals surface area (Å²) in [7, 11) is 3.62. The van der Waals surface area contributed by atoms with Crippen molar-refractivity contribution in [1.29, 1.82) is 0 Å². The van der Waals surface area contributed by atoms with E-state index < -0.39 is 5.54 Å². The molecule has 152 valence electrons. The third-order valence-corrected chi connectivity index (χ3v) is 6.21. The van der Waals surface area contributed by atoms with Gasteiger partial charge < -0.3 is 20.1 Å². The fourth-order valence-corrected chi connectivity index (χ4v) is 4.62. The Morgan fingerprint density at radius 1 is 1.10 bits per heavy atom. The second kappa shape index (κ2) is 6.67. The van der Waals surface area contributed by atoms with Crippen molar-refractivity contribution in [3.63, 3.8) is 0 Å². The van der Waals surface area contributed by atoms with Crippen LogP contribution >= 0.6 is 11.6 Å². The Balaban J connectivity index is 1.76. The van der Waals surface area contributed by atoms with Gasteiger partial charge in [0.1, 0.15) is 22.8 Å².